The van der Waals surface area contributed by atoms with Gasteiger partial charge in [-0.15, -0.1) is 6.58 Å². The van der Waals surface area contributed by atoms with Crippen molar-refractivity contribution in [1.29, 1.82) is 0 Å². The van der Waals surface area contributed by atoms with Gasteiger partial charge in [0.2, 0.25) is 11.8 Å². The van der Waals surface area contributed by atoms with Crippen LogP contribution in [0.3, 0.4) is 0 Å². The number of amides is 2. The lowest BCUT2D eigenvalue weighted by molar-refractivity contribution is -0.140. The lowest BCUT2D eigenvalue weighted by Gasteiger charge is -2.41. The highest BCUT2D eigenvalue weighted by Crippen LogP contribution is 2.36. The lowest BCUT2D eigenvalue weighted by Crippen LogP contribution is -2.51. The van der Waals surface area contributed by atoms with E-state index in [9.17, 15) is 9.59 Å². The van der Waals surface area contributed by atoms with E-state index in [0.29, 0.717) is 51.2 Å². The summed E-state index contributed by atoms with van der Waals surface area (Å²) in [7, 11) is 0. The second kappa shape index (κ2) is 11.0. The normalized spacial score (nSPS) is 17.5. The summed E-state index contributed by atoms with van der Waals surface area (Å²) >= 11 is 0. The van der Waals surface area contributed by atoms with Crippen LogP contribution in [0.4, 0.5) is 0 Å². The second-order valence-corrected chi connectivity index (χ2v) is 8.37. The molecule has 0 radical (unpaired) electrons. The van der Waals surface area contributed by atoms with Crippen LogP contribution in [0, 0.1) is 11.3 Å². The Morgan fingerprint density at radius 2 is 1.90 bits per heavy atom. The Morgan fingerprint density at radius 1 is 1.24 bits per heavy atom. The van der Waals surface area contributed by atoms with Crippen LogP contribution in [0.15, 0.2) is 54.6 Å². The van der Waals surface area contributed by atoms with E-state index >= 15 is 0 Å². The molecular formula is C25H36N2O2. The van der Waals surface area contributed by atoms with Gasteiger partial charge < -0.3 is 10.2 Å². The number of nitrogens with zero attached hydrogens (tertiary/aromatic N) is 1. The van der Waals surface area contributed by atoms with Gasteiger partial charge in [0.25, 0.3) is 0 Å². The van der Waals surface area contributed by atoms with Crippen molar-refractivity contribution in [3.05, 3.63) is 60.2 Å². The molecule has 1 aliphatic heterocycles. The predicted octanol–water partition coefficient (Wildman–Crippen LogP) is 4.52. The van der Waals surface area contributed by atoms with E-state index < -0.39 is 5.41 Å². The number of carbonyl (C=O) groups excluding carboxylic acids is 2. The smallest absolute Gasteiger partial charge is 0.226 e. The Labute approximate surface area is 176 Å². The first-order valence-electron chi connectivity index (χ1n) is 10.8. The molecule has 1 aromatic carbocycles. The molecule has 158 valence electrons. The molecule has 2 amide bonds. The number of rotatable bonds is 9. The van der Waals surface area contributed by atoms with Crippen molar-refractivity contribution in [2.45, 2.75) is 52.9 Å². The van der Waals surface area contributed by atoms with Crippen LogP contribution in [0.1, 0.15) is 52.0 Å². The van der Waals surface area contributed by atoms with Gasteiger partial charge in [-0.05, 0) is 44.1 Å². The number of carbonyl (C=O) groups is 2. The fourth-order valence-corrected chi connectivity index (χ4v) is 4.16. The Balaban J connectivity index is 2.10. The second-order valence-electron chi connectivity index (χ2n) is 8.37. The fourth-order valence-electron chi connectivity index (χ4n) is 4.16. The molecule has 4 nitrogen and oxygen atoms in total. The van der Waals surface area contributed by atoms with Crippen LogP contribution in [-0.2, 0) is 16.0 Å². The number of nitrogens with one attached hydrogen (secondary N) is 1. The molecule has 1 N–H and O–H groups in total. The van der Waals surface area contributed by atoms with E-state index in [2.05, 4.69) is 44.0 Å². The maximum Gasteiger partial charge on any atom is 0.226 e. The molecule has 1 saturated heterocycles. The van der Waals surface area contributed by atoms with Crippen molar-refractivity contribution in [3.63, 3.8) is 0 Å². The highest BCUT2D eigenvalue weighted by atomic mass is 16.2. The quantitative estimate of drug-likeness (QED) is 0.624. The van der Waals surface area contributed by atoms with Gasteiger partial charge >= 0.3 is 0 Å². The minimum absolute atomic E-state index is 0.106. The van der Waals surface area contributed by atoms with Gasteiger partial charge in [-0.25, -0.2) is 0 Å². The van der Waals surface area contributed by atoms with Crippen molar-refractivity contribution >= 4 is 11.8 Å². The standard InChI is InChI=1S/C25H36N2O2/c1-5-10-20(3)17-21(4)19-26-24(29)25(18-22-11-8-7-9-12-22)13-15-27(16-14-25)23(28)6-2/h5,7-9,11-12,17,20H,1,6,10,13-16,18-19H2,2-4H3,(H,26,29)/b21-17+. The lowest BCUT2D eigenvalue weighted by atomic mass is 9.73. The van der Waals surface area contributed by atoms with Gasteiger partial charge in [-0.3, -0.25) is 9.59 Å². The minimum Gasteiger partial charge on any atom is -0.352 e. The molecule has 0 aliphatic carbocycles. The van der Waals surface area contributed by atoms with E-state index in [1.165, 1.54) is 11.1 Å². The summed E-state index contributed by atoms with van der Waals surface area (Å²) in [6, 6.07) is 10.2. The molecule has 1 aromatic rings. The number of likely N-dealkylation sites (tertiary alicyclic amines) is 1. The van der Waals surface area contributed by atoms with Crippen LogP contribution < -0.4 is 5.32 Å². The molecule has 0 bridgehead atoms. The van der Waals surface area contributed by atoms with Crippen molar-refractivity contribution in [2.75, 3.05) is 19.6 Å². The van der Waals surface area contributed by atoms with Crippen LogP contribution >= 0.6 is 0 Å². The summed E-state index contributed by atoms with van der Waals surface area (Å²) in [5.74, 6) is 0.703. The van der Waals surface area contributed by atoms with Gasteiger partial charge in [0.15, 0.2) is 0 Å². The highest BCUT2D eigenvalue weighted by Gasteiger charge is 2.41. The summed E-state index contributed by atoms with van der Waals surface area (Å²) in [5, 5.41) is 3.18. The topological polar surface area (TPSA) is 49.4 Å². The molecular weight excluding hydrogens is 360 g/mol. The van der Waals surface area contributed by atoms with Gasteiger partial charge in [0.05, 0.1) is 5.41 Å². The zero-order chi connectivity index (χ0) is 21.3. The first-order valence-corrected chi connectivity index (χ1v) is 10.8. The highest BCUT2D eigenvalue weighted by molar-refractivity contribution is 5.84. The van der Waals surface area contributed by atoms with Gasteiger partial charge in [-0.1, -0.05) is 61.9 Å². The molecule has 4 heteroatoms. The van der Waals surface area contributed by atoms with E-state index in [-0.39, 0.29) is 11.8 Å². The van der Waals surface area contributed by atoms with Gasteiger partial charge in [0.1, 0.15) is 0 Å². The third kappa shape index (κ3) is 6.59. The van der Waals surface area contributed by atoms with Crippen molar-refractivity contribution in [1.82, 2.24) is 10.2 Å². The summed E-state index contributed by atoms with van der Waals surface area (Å²) < 4.78 is 0. The SMILES string of the molecule is C=CCC(C)/C=C(\C)CNC(=O)C1(Cc2ccccc2)CCN(C(=O)CC)CC1. The number of hydrogen-bond acceptors (Lipinski definition) is 2. The average Bonchev–Trinajstić information content (AvgIpc) is 2.72. The Hall–Kier alpha value is -2.36. The number of hydrogen-bond donors (Lipinski definition) is 1. The van der Waals surface area contributed by atoms with Gasteiger partial charge in [-0.2, -0.15) is 0 Å². The van der Waals surface area contributed by atoms with Crippen LogP contribution in [0.5, 0.6) is 0 Å². The Morgan fingerprint density at radius 3 is 2.48 bits per heavy atom. The van der Waals surface area contributed by atoms with E-state index in [1.54, 1.807) is 0 Å². The van der Waals surface area contributed by atoms with Crippen LogP contribution in [-0.4, -0.2) is 36.3 Å². The van der Waals surface area contributed by atoms with Crippen molar-refractivity contribution in [2.24, 2.45) is 11.3 Å². The zero-order valence-electron chi connectivity index (χ0n) is 18.2. The first-order chi connectivity index (χ1) is 13.9. The maximum absolute atomic E-state index is 13.3. The average molecular weight is 397 g/mol. The predicted molar refractivity (Wildman–Crippen MR) is 119 cm³/mol. The molecule has 1 fully saturated rings. The Bertz CT molecular complexity index is 716. The third-order valence-electron chi connectivity index (χ3n) is 5.88. The molecule has 1 atom stereocenters. The third-order valence-corrected chi connectivity index (χ3v) is 5.88. The molecule has 1 heterocycles. The summed E-state index contributed by atoms with van der Waals surface area (Å²) in [6.07, 6.45) is 7.70. The minimum atomic E-state index is -0.459. The fraction of sp³-hybridized carbons (Fsp3) is 0.520. The molecule has 0 saturated carbocycles. The summed E-state index contributed by atoms with van der Waals surface area (Å²) in [6.45, 7) is 11.8. The number of allylic oxidation sites excluding steroid dienone is 2. The number of piperidine rings is 1. The summed E-state index contributed by atoms with van der Waals surface area (Å²) in [5.41, 5.74) is 1.88. The molecule has 1 aliphatic rings. The van der Waals surface area contributed by atoms with E-state index in [4.69, 9.17) is 0 Å². The maximum atomic E-state index is 13.3. The zero-order valence-corrected chi connectivity index (χ0v) is 18.2. The van der Waals surface area contributed by atoms with Gasteiger partial charge in [0, 0.05) is 26.1 Å². The molecule has 1 unspecified atom stereocenters. The van der Waals surface area contributed by atoms with Crippen LogP contribution in [0.25, 0.3) is 0 Å². The van der Waals surface area contributed by atoms with E-state index in [1.807, 2.05) is 36.1 Å². The first kappa shape index (κ1) is 22.9. The molecule has 2 rings (SSSR count). The van der Waals surface area contributed by atoms with Crippen LogP contribution in [0.2, 0.25) is 0 Å². The molecule has 0 spiro atoms. The van der Waals surface area contributed by atoms with Crippen molar-refractivity contribution in [3.8, 4) is 0 Å². The molecule has 29 heavy (non-hydrogen) atoms. The van der Waals surface area contributed by atoms with E-state index in [0.717, 1.165) is 6.42 Å². The number of benzene rings is 1. The largest absolute Gasteiger partial charge is 0.352 e. The monoisotopic (exact) mass is 396 g/mol. The Kier molecular flexibility index (Phi) is 8.69. The molecule has 0 aromatic heterocycles. The summed E-state index contributed by atoms with van der Waals surface area (Å²) in [4.78, 5) is 27.3. The van der Waals surface area contributed by atoms with Crippen molar-refractivity contribution < 1.29 is 9.59 Å².